The van der Waals surface area contributed by atoms with Crippen LogP contribution in [0.15, 0.2) is 47.4 Å². The first-order valence-corrected chi connectivity index (χ1v) is 9.14. The van der Waals surface area contributed by atoms with Crippen LogP contribution < -0.4 is 10.5 Å². The Morgan fingerprint density at radius 3 is 2.48 bits per heavy atom. The van der Waals surface area contributed by atoms with Gasteiger partial charge in [0.05, 0.1) is 10.6 Å². The van der Waals surface area contributed by atoms with E-state index in [1.807, 2.05) is 31.2 Å². The highest BCUT2D eigenvalue weighted by molar-refractivity contribution is 7.89. The predicted octanol–water partition coefficient (Wildman–Crippen LogP) is 2.70. The topological polar surface area (TPSA) is 85.1 Å². The highest BCUT2D eigenvalue weighted by Crippen LogP contribution is 2.17. The highest BCUT2D eigenvalue weighted by atomic mass is 32.2. The molecule has 0 aliphatic rings. The van der Waals surface area contributed by atoms with E-state index in [4.69, 9.17) is 5.14 Å². The van der Waals surface area contributed by atoms with Gasteiger partial charge in [-0.2, -0.15) is 0 Å². The van der Waals surface area contributed by atoms with Gasteiger partial charge in [-0.3, -0.25) is 4.98 Å². The van der Waals surface area contributed by atoms with Gasteiger partial charge in [0.15, 0.2) is 0 Å². The number of pyridine rings is 1. The van der Waals surface area contributed by atoms with E-state index in [1.54, 1.807) is 12.1 Å². The third kappa shape index (κ3) is 4.86. The minimum Gasteiger partial charge on any atom is -0.305 e. The summed E-state index contributed by atoms with van der Waals surface area (Å²) in [6, 6.07) is 12.7. The zero-order valence-electron chi connectivity index (χ0n) is 13.7. The van der Waals surface area contributed by atoms with Crippen LogP contribution in [0.2, 0.25) is 0 Å². The Morgan fingerprint density at radius 1 is 1.13 bits per heavy atom. The molecular weight excluding hydrogens is 310 g/mol. The van der Waals surface area contributed by atoms with Gasteiger partial charge in [0.1, 0.15) is 0 Å². The summed E-state index contributed by atoms with van der Waals surface area (Å²) in [6.07, 6.45) is 0. The normalized spacial score (nSPS) is 13.3. The van der Waals surface area contributed by atoms with Crippen LogP contribution >= 0.6 is 0 Å². The SMILES string of the molecule is CC(C)c1cccc(CN[C@H](C)c2cccc(S(N)(=O)=O)c2)n1. The molecule has 23 heavy (non-hydrogen) atoms. The molecular formula is C17H23N3O2S. The molecule has 0 bridgehead atoms. The van der Waals surface area contributed by atoms with Gasteiger partial charge in [-0.15, -0.1) is 0 Å². The quantitative estimate of drug-likeness (QED) is 0.851. The van der Waals surface area contributed by atoms with E-state index < -0.39 is 10.0 Å². The van der Waals surface area contributed by atoms with Gasteiger partial charge in [0.25, 0.3) is 0 Å². The van der Waals surface area contributed by atoms with Gasteiger partial charge in [-0.05, 0) is 42.7 Å². The first kappa shape index (κ1) is 17.6. The molecule has 5 nitrogen and oxygen atoms in total. The second-order valence-electron chi connectivity index (χ2n) is 5.93. The number of nitrogens with zero attached hydrogens (tertiary/aromatic N) is 1. The van der Waals surface area contributed by atoms with Crippen molar-refractivity contribution in [2.24, 2.45) is 5.14 Å². The summed E-state index contributed by atoms with van der Waals surface area (Å²) in [5.41, 5.74) is 2.90. The van der Waals surface area contributed by atoms with E-state index >= 15 is 0 Å². The molecule has 3 N–H and O–H groups in total. The smallest absolute Gasteiger partial charge is 0.238 e. The Morgan fingerprint density at radius 2 is 1.83 bits per heavy atom. The van der Waals surface area contributed by atoms with Crippen LogP contribution in [0.4, 0.5) is 0 Å². The molecule has 6 heteroatoms. The molecule has 0 spiro atoms. The minimum atomic E-state index is -3.68. The molecule has 0 saturated heterocycles. The number of hydrogen-bond donors (Lipinski definition) is 2. The fraction of sp³-hybridized carbons (Fsp3) is 0.353. The zero-order chi connectivity index (χ0) is 17.0. The molecule has 0 aliphatic heterocycles. The van der Waals surface area contributed by atoms with Crippen molar-refractivity contribution in [3.05, 3.63) is 59.4 Å². The number of primary sulfonamides is 1. The fourth-order valence-corrected chi connectivity index (χ4v) is 2.82. The number of sulfonamides is 1. The summed E-state index contributed by atoms with van der Waals surface area (Å²) in [6.45, 7) is 6.82. The lowest BCUT2D eigenvalue weighted by atomic mass is 10.1. The first-order valence-electron chi connectivity index (χ1n) is 7.59. The average molecular weight is 333 g/mol. The van der Waals surface area contributed by atoms with Crippen LogP contribution in [0.25, 0.3) is 0 Å². The van der Waals surface area contributed by atoms with Crippen molar-refractivity contribution in [3.8, 4) is 0 Å². The summed E-state index contributed by atoms with van der Waals surface area (Å²) in [7, 11) is -3.68. The van der Waals surface area contributed by atoms with Gasteiger partial charge in [-0.25, -0.2) is 13.6 Å². The molecule has 0 fully saturated rings. The van der Waals surface area contributed by atoms with E-state index in [1.165, 1.54) is 6.07 Å². The van der Waals surface area contributed by atoms with Crippen LogP contribution in [0, 0.1) is 0 Å². The molecule has 124 valence electrons. The number of hydrogen-bond acceptors (Lipinski definition) is 4. The van der Waals surface area contributed by atoms with Crippen LogP contribution in [0.1, 0.15) is 49.7 Å². The zero-order valence-corrected chi connectivity index (χ0v) is 14.5. The highest BCUT2D eigenvalue weighted by Gasteiger charge is 2.11. The van der Waals surface area contributed by atoms with Crippen LogP contribution in [0.5, 0.6) is 0 Å². The number of rotatable bonds is 6. The van der Waals surface area contributed by atoms with Crippen molar-refractivity contribution in [1.29, 1.82) is 0 Å². The third-order valence-electron chi connectivity index (χ3n) is 3.70. The van der Waals surface area contributed by atoms with Crippen molar-refractivity contribution in [3.63, 3.8) is 0 Å². The minimum absolute atomic E-state index is 0.0128. The average Bonchev–Trinajstić information content (AvgIpc) is 2.52. The third-order valence-corrected chi connectivity index (χ3v) is 4.61. The Kier molecular flexibility index (Phi) is 5.51. The Balaban J connectivity index is 2.08. The summed E-state index contributed by atoms with van der Waals surface area (Å²) in [5, 5.41) is 8.54. The van der Waals surface area contributed by atoms with Gasteiger partial charge < -0.3 is 5.32 Å². The molecule has 0 radical (unpaired) electrons. The Hall–Kier alpha value is -1.76. The fourth-order valence-electron chi connectivity index (χ4n) is 2.25. The second kappa shape index (κ2) is 7.21. The summed E-state index contributed by atoms with van der Waals surface area (Å²) in [5.74, 6) is 0.388. The molecule has 1 aromatic heterocycles. The van der Waals surface area contributed by atoms with Crippen molar-refractivity contribution >= 4 is 10.0 Å². The van der Waals surface area contributed by atoms with Crippen molar-refractivity contribution in [2.45, 2.75) is 44.2 Å². The molecule has 2 aromatic rings. The molecule has 0 aliphatic carbocycles. The van der Waals surface area contributed by atoms with E-state index in [0.29, 0.717) is 12.5 Å². The van der Waals surface area contributed by atoms with Gasteiger partial charge in [-0.1, -0.05) is 32.0 Å². The van der Waals surface area contributed by atoms with E-state index in [0.717, 1.165) is 17.0 Å². The maximum absolute atomic E-state index is 11.4. The lowest BCUT2D eigenvalue weighted by molar-refractivity contribution is 0.563. The van der Waals surface area contributed by atoms with Crippen molar-refractivity contribution in [1.82, 2.24) is 10.3 Å². The maximum Gasteiger partial charge on any atom is 0.238 e. The van der Waals surface area contributed by atoms with Gasteiger partial charge in [0, 0.05) is 18.3 Å². The number of aromatic nitrogens is 1. The summed E-state index contributed by atoms with van der Waals surface area (Å²) in [4.78, 5) is 4.74. The van der Waals surface area contributed by atoms with Gasteiger partial charge in [0.2, 0.25) is 10.0 Å². The lowest BCUT2D eigenvalue weighted by Gasteiger charge is -2.15. The van der Waals surface area contributed by atoms with Crippen molar-refractivity contribution < 1.29 is 8.42 Å². The molecule has 0 amide bonds. The number of nitrogens with two attached hydrogens (primary N) is 1. The lowest BCUT2D eigenvalue weighted by Crippen LogP contribution is -2.20. The summed E-state index contributed by atoms with van der Waals surface area (Å²) >= 11 is 0. The van der Waals surface area contributed by atoms with E-state index in [9.17, 15) is 8.42 Å². The van der Waals surface area contributed by atoms with Crippen LogP contribution in [-0.2, 0) is 16.6 Å². The number of nitrogens with one attached hydrogen (secondary N) is 1. The summed E-state index contributed by atoms with van der Waals surface area (Å²) < 4.78 is 22.9. The Bertz CT molecular complexity index is 773. The standard InChI is InChI=1S/C17H23N3O2S/c1-12(2)17-9-5-7-15(20-17)11-19-13(3)14-6-4-8-16(10-14)23(18,21)22/h4-10,12-13,19H,11H2,1-3H3,(H2,18,21,22)/t13-/m1/s1. The molecule has 0 unspecified atom stereocenters. The maximum atomic E-state index is 11.4. The van der Waals surface area contributed by atoms with Gasteiger partial charge >= 0.3 is 0 Å². The molecule has 1 heterocycles. The largest absolute Gasteiger partial charge is 0.305 e. The predicted molar refractivity (Wildman–Crippen MR) is 91.4 cm³/mol. The number of benzene rings is 1. The second-order valence-corrected chi connectivity index (χ2v) is 7.49. The molecule has 0 saturated carbocycles. The van der Waals surface area contributed by atoms with E-state index in [-0.39, 0.29) is 10.9 Å². The first-order chi connectivity index (χ1) is 10.8. The Labute approximate surface area is 138 Å². The van der Waals surface area contributed by atoms with Crippen molar-refractivity contribution in [2.75, 3.05) is 0 Å². The molecule has 1 aromatic carbocycles. The molecule has 2 rings (SSSR count). The van der Waals surface area contributed by atoms with E-state index in [2.05, 4.69) is 24.1 Å². The van der Waals surface area contributed by atoms with Crippen LogP contribution in [0.3, 0.4) is 0 Å². The van der Waals surface area contributed by atoms with Crippen LogP contribution in [-0.4, -0.2) is 13.4 Å². The monoisotopic (exact) mass is 333 g/mol. The molecule has 1 atom stereocenters.